The van der Waals surface area contributed by atoms with E-state index in [0.29, 0.717) is 11.8 Å². The molecule has 0 saturated heterocycles. The second kappa shape index (κ2) is 9.57. The van der Waals surface area contributed by atoms with E-state index in [1.807, 2.05) is 12.1 Å². The highest BCUT2D eigenvalue weighted by molar-refractivity contribution is 5.43. The molecule has 27 heavy (non-hydrogen) atoms. The Bertz CT molecular complexity index is 654. The topological polar surface area (TPSA) is 54.0 Å². The Morgan fingerprint density at radius 1 is 1.26 bits per heavy atom. The normalized spacial score (nSPS) is 27.5. The molecule has 1 aromatic carbocycles. The Morgan fingerprint density at radius 3 is 2.89 bits per heavy atom. The Labute approximate surface area is 163 Å². The lowest BCUT2D eigenvalue weighted by Gasteiger charge is -2.32. The number of unbranched alkanes of at least 4 members (excludes halogenated alkanes) is 2. The van der Waals surface area contributed by atoms with Crippen LogP contribution >= 0.6 is 0 Å². The predicted molar refractivity (Wildman–Crippen MR) is 106 cm³/mol. The number of ether oxygens (including phenoxy) is 1. The number of fused-ring (bicyclic) bond motifs is 2. The summed E-state index contributed by atoms with van der Waals surface area (Å²) < 4.78 is 5.63. The van der Waals surface area contributed by atoms with E-state index in [4.69, 9.17) is 11.3 Å². The minimum atomic E-state index is -0.259. The van der Waals surface area contributed by atoms with Crippen LogP contribution in [0.15, 0.2) is 18.2 Å². The average Bonchev–Trinajstić information content (AvgIpc) is 2.97. The van der Waals surface area contributed by atoms with Crippen molar-refractivity contribution < 1.29 is 14.9 Å². The fraction of sp³-hybridized carbons (Fsp3) is 0.696. The summed E-state index contributed by atoms with van der Waals surface area (Å²) in [5.74, 6) is 2.10. The molecule has 0 heterocycles. The summed E-state index contributed by atoms with van der Waals surface area (Å²) in [7, 11) is 0. The van der Waals surface area contributed by atoms with Gasteiger partial charge < -0.3 is 14.9 Å². The monoisotopic (exact) mass is 371 g/mol. The number of nitrogens with zero attached hydrogens (tertiary/aromatic N) is 1. The van der Waals surface area contributed by atoms with E-state index in [1.54, 1.807) is 0 Å². The summed E-state index contributed by atoms with van der Waals surface area (Å²) in [5.41, 5.74) is 2.54. The summed E-state index contributed by atoms with van der Waals surface area (Å²) in [6, 6.07) is 6.13. The molecule has 1 aromatic rings. The van der Waals surface area contributed by atoms with Crippen molar-refractivity contribution in [3.8, 4) is 5.75 Å². The standard InChI is InChI=1S/C23H33NO3/c1-3-4-5-8-18(25)10-11-19-20-12-16-7-6-9-23(27-15-24-2)21(16)13-17(20)14-22(19)26/h6-7,9,17-20,22,25-26H,3-5,8,10-15H2,1H3/t17-,18-,19+,20-,22+/m0/s1. The zero-order valence-corrected chi connectivity index (χ0v) is 16.4. The van der Waals surface area contributed by atoms with Gasteiger partial charge in [0, 0.05) is 0 Å². The summed E-state index contributed by atoms with van der Waals surface area (Å²) >= 11 is 0. The van der Waals surface area contributed by atoms with Crippen LogP contribution in [0.4, 0.5) is 0 Å². The Balaban J connectivity index is 1.62. The molecule has 148 valence electrons. The third-order valence-electron chi connectivity index (χ3n) is 6.60. The summed E-state index contributed by atoms with van der Waals surface area (Å²) in [6.07, 6.45) is 8.32. The molecule has 0 spiro atoms. The van der Waals surface area contributed by atoms with E-state index in [-0.39, 0.29) is 24.9 Å². The molecule has 4 heteroatoms. The van der Waals surface area contributed by atoms with E-state index in [2.05, 4.69) is 17.8 Å². The average molecular weight is 372 g/mol. The van der Waals surface area contributed by atoms with Crippen molar-refractivity contribution in [2.45, 2.75) is 76.9 Å². The van der Waals surface area contributed by atoms with Gasteiger partial charge in [-0.2, -0.15) is 0 Å². The largest absolute Gasteiger partial charge is 0.426 e. The van der Waals surface area contributed by atoms with Crippen LogP contribution in [-0.2, 0) is 12.8 Å². The van der Waals surface area contributed by atoms with Crippen molar-refractivity contribution >= 4 is 0 Å². The van der Waals surface area contributed by atoms with Crippen LogP contribution in [0, 0.1) is 24.3 Å². The molecule has 1 saturated carbocycles. The highest BCUT2D eigenvalue weighted by atomic mass is 16.5. The van der Waals surface area contributed by atoms with Crippen LogP contribution < -0.4 is 4.74 Å². The van der Waals surface area contributed by atoms with Gasteiger partial charge in [0.05, 0.1) is 12.2 Å². The van der Waals surface area contributed by atoms with Gasteiger partial charge in [-0.05, 0) is 73.5 Å². The molecular formula is C23H33NO3. The molecule has 0 radical (unpaired) electrons. The summed E-state index contributed by atoms with van der Waals surface area (Å²) in [5, 5.41) is 21.0. The fourth-order valence-electron chi connectivity index (χ4n) is 5.20. The number of hydrogen-bond acceptors (Lipinski definition) is 3. The van der Waals surface area contributed by atoms with E-state index in [9.17, 15) is 10.2 Å². The minimum absolute atomic E-state index is 0.0612. The van der Waals surface area contributed by atoms with Gasteiger partial charge in [0.1, 0.15) is 5.75 Å². The summed E-state index contributed by atoms with van der Waals surface area (Å²) in [4.78, 5) is 3.30. The second-order valence-electron chi connectivity index (χ2n) is 8.35. The quantitative estimate of drug-likeness (QED) is 0.500. The zero-order valence-electron chi connectivity index (χ0n) is 16.4. The van der Waals surface area contributed by atoms with Gasteiger partial charge >= 0.3 is 6.73 Å². The third-order valence-corrected chi connectivity index (χ3v) is 6.60. The van der Waals surface area contributed by atoms with Gasteiger partial charge in [-0.15, -0.1) is 0 Å². The molecular weight excluding hydrogens is 338 g/mol. The van der Waals surface area contributed by atoms with E-state index >= 15 is 0 Å². The molecule has 2 aliphatic rings. The lowest BCUT2D eigenvalue weighted by molar-refractivity contribution is 0.0869. The lowest BCUT2D eigenvalue weighted by atomic mass is 9.73. The van der Waals surface area contributed by atoms with Gasteiger partial charge in [0.2, 0.25) is 0 Å². The molecule has 1 fully saturated rings. The first-order valence-electron chi connectivity index (χ1n) is 10.6. The van der Waals surface area contributed by atoms with Gasteiger partial charge in [-0.1, -0.05) is 38.3 Å². The molecule has 2 N–H and O–H groups in total. The Hall–Kier alpha value is -1.57. The fourth-order valence-corrected chi connectivity index (χ4v) is 5.20. The number of rotatable bonds is 9. The molecule has 0 amide bonds. The smallest absolute Gasteiger partial charge is 0.357 e. The van der Waals surface area contributed by atoms with Crippen molar-refractivity contribution in [3.05, 3.63) is 40.7 Å². The minimum Gasteiger partial charge on any atom is -0.426 e. The lowest BCUT2D eigenvalue weighted by Crippen LogP contribution is -2.28. The number of benzene rings is 1. The van der Waals surface area contributed by atoms with Crippen LogP contribution in [0.5, 0.6) is 5.75 Å². The van der Waals surface area contributed by atoms with Crippen LogP contribution in [0.1, 0.15) is 63.0 Å². The molecule has 0 unspecified atom stereocenters. The van der Waals surface area contributed by atoms with E-state index in [1.165, 1.54) is 24.0 Å². The predicted octanol–water partition coefficient (Wildman–Crippen LogP) is 4.38. The van der Waals surface area contributed by atoms with Crippen LogP contribution in [0.2, 0.25) is 0 Å². The molecule has 4 nitrogen and oxygen atoms in total. The Kier molecular flexibility index (Phi) is 7.15. The highest BCUT2D eigenvalue weighted by Gasteiger charge is 2.44. The van der Waals surface area contributed by atoms with Crippen LogP contribution in [0.3, 0.4) is 0 Å². The Morgan fingerprint density at radius 2 is 2.11 bits per heavy atom. The second-order valence-corrected chi connectivity index (χ2v) is 8.35. The maximum Gasteiger partial charge on any atom is 0.357 e. The number of aliphatic hydroxyl groups is 2. The van der Waals surface area contributed by atoms with Crippen molar-refractivity contribution in [2.24, 2.45) is 17.8 Å². The summed E-state index contributed by atoms with van der Waals surface area (Å²) in [6.45, 7) is 9.19. The molecule has 0 aromatic heterocycles. The maximum absolute atomic E-state index is 10.7. The highest BCUT2D eigenvalue weighted by Crippen LogP contribution is 2.48. The number of aliphatic hydroxyl groups excluding tert-OH is 2. The molecule has 3 rings (SSSR count). The third kappa shape index (κ3) is 4.83. The molecule has 0 aliphatic heterocycles. The maximum atomic E-state index is 10.7. The van der Waals surface area contributed by atoms with Crippen LogP contribution in [-0.4, -0.2) is 29.2 Å². The first kappa shape index (κ1) is 20.2. The van der Waals surface area contributed by atoms with Crippen LogP contribution in [0.25, 0.3) is 4.85 Å². The van der Waals surface area contributed by atoms with Gasteiger partial charge in [-0.3, -0.25) is 4.85 Å². The number of hydrogen-bond donors (Lipinski definition) is 2. The molecule has 5 atom stereocenters. The van der Waals surface area contributed by atoms with Crippen molar-refractivity contribution in [1.82, 2.24) is 0 Å². The van der Waals surface area contributed by atoms with Gasteiger partial charge in [0.15, 0.2) is 0 Å². The zero-order chi connectivity index (χ0) is 19.2. The van der Waals surface area contributed by atoms with Gasteiger partial charge in [0.25, 0.3) is 0 Å². The molecule has 2 aliphatic carbocycles. The molecule has 0 bridgehead atoms. The van der Waals surface area contributed by atoms with E-state index in [0.717, 1.165) is 50.7 Å². The SMILES string of the molecule is [C-]#[N+]COc1cccc2c1C[C@H]1C[C@@H](O)[C@H](CC[C@@H](O)CCCCC)[C@H]1C2. The van der Waals surface area contributed by atoms with Crippen molar-refractivity contribution in [1.29, 1.82) is 0 Å². The first-order valence-corrected chi connectivity index (χ1v) is 10.6. The van der Waals surface area contributed by atoms with Gasteiger partial charge in [-0.25, -0.2) is 6.57 Å². The van der Waals surface area contributed by atoms with E-state index < -0.39 is 0 Å². The van der Waals surface area contributed by atoms with Crippen molar-refractivity contribution in [3.63, 3.8) is 0 Å². The van der Waals surface area contributed by atoms with Crippen molar-refractivity contribution in [2.75, 3.05) is 6.73 Å². The first-order chi connectivity index (χ1) is 13.1.